The summed E-state index contributed by atoms with van der Waals surface area (Å²) in [7, 11) is 0. The SMILES string of the molecule is CC1(C)O[C@H]2O[C@H]([C@@H](CCOc3nc4ccccc4s3)SCc3ccccc3)[C@H](OCc3ccccc3)[C@H]2O1. The van der Waals surface area contributed by atoms with Crippen molar-refractivity contribution in [1.82, 2.24) is 4.98 Å². The minimum atomic E-state index is -0.711. The Hall–Kier alpha value is -2.46. The van der Waals surface area contributed by atoms with E-state index in [1.807, 2.05) is 68.1 Å². The lowest BCUT2D eigenvalue weighted by Crippen LogP contribution is -2.42. The third-order valence-corrected chi connectivity index (χ3v) is 9.27. The van der Waals surface area contributed by atoms with Gasteiger partial charge in [0.25, 0.3) is 5.19 Å². The number of ether oxygens (including phenoxy) is 5. The minimum Gasteiger partial charge on any atom is -0.470 e. The van der Waals surface area contributed by atoms with Gasteiger partial charge in [0.1, 0.15) is 18.3 Å². The molecule has 204 valence electrons. The fourth-order valence-corrected chi connectivity index (χ4v) is 7.16. The maximum Gasteiger partial charge on any atom is 0.274 e. The Morgan fingerprint density at radius 2 is 1.64 bits per heavy atom. The van der Waals surface area contributed by atoms with Crippen molar-refractivity contribution in [3.8, 4) is 5.19 Å². The Morgan fingerprint density at radius 3 is 2.41 bits per heavy atom. The number of thioether (sulfide) groups is 1. The molecule has 6 rings (SSSR count). The Kier molecular flexibility index (Phi) is 8.20. The van der Waals surface area contributed by atoms with Crippen LogP contribution in [0.3, 0.4) is 0 Å². The quantitative estimate of drug-likeness (QED) is 0.198. The number of rotatable bonds is 11. The first-order valence-corrected chi connectivity index (χ1v) is 15.2. The fraction of sp³-hybridized carbons (Fsp3) is 0.387. The molecule has 0 amide bonds. The zero-order valence-electron chi connectivity index (χ0n) is 22.1. The smallest absolute Gasteiger partial charge is 0.274 e. The monoisotopic (exact) mass is 563 g/mol. The molecule has 0 spiro atoms. The van der Waals surface area contributed by atoms with Gasteiger partial charge in [-0.3, -0.25) is 0 Å². The van der Waals surface area contributed by atoms with E-state index >= 15 is 0 Å². The van der Waals surface area contributed by atoms with Gasteiger partial charge >= 0.3 is 0 Å². The van der Waals surface area contributed by atoms with E-state index in [2.05, 4.69) is 47.4 Å². The zero-order valence-corrected chi connectivity index (χ0v) is 23.7. The van der Waals surface area contributed by atoms with Crippen LogP contribution in [0.1, 0.15) is 31.4 Å². The molecule has 2 aliphatic rings. The van der Waals surface area contributed by atoms with Crippen molar-refractivity contribution in [3.63, 3.8) is 0 Å². The molecule has 5 atom stereocenters. The molecule has 3 aromatic carbocycles. The van der Waals surface area contributed by atoms with Crippen molar-refractivity contribution in [2.75, 3.05) is 6.61 Å². The molecular formula is C31H33NO5S2. The summed E-state index contributed by atoms with van der Waals surface area (Å²) in [6.45, 7) is 4.85. The van der Waals surface area contributed by atoms with Crippen molar-refractivity contribution in [3.05, 3.63) is 96.1 Å². The summed E-state index contributed by atoms with van der Waals surface area (Å²) in [6.07, 6.45) is -0.471. The molecule has 8 heteroatoms. The maximum atomic E-state index is 6.56. The summed E-state index contributed by atoms with van der Waals surface area (Å²) in [5.74, 6) is 0.151. The summed E-state index contributed by atoms with van der Waals surface area (Å²) < 4.78 is 32.8. The molecule has 0 N–H and O–H groups in total. The molecule has 0 unspecified atom stereocenters. The molecule has 4 aromatic rings. The fourth-order valence-electron chi connectivity index (χ4n) is 5.05. The van der Waals surface area contributed by atoms with Gasteiger partial charge in [0.05, 0.1) is 23.4 Å². The highest BCUT2D eigenvalue weighted by molar-refractivity contribution is 7.99. The van der Waals surface area contributed by atoms with Gasteiger partial charge in [-0.25, -0.2) is 4.98 Å². The van der Waals surface area contributed by atoms with Crippen LogP contribution < -0.4 is 4.74 Å². The molecule has 0 radical (unpaired) electrons. The second-order valence-electron chi connectivity index (χ2n) is 10.3. The van der Waals surface area contributed by atoms with E-state index < -0.39 is 12.1 Å². The van der Waals surface area contributed by atoms with E-state index in [-0.39, 0.29) is 23.6 Å². The predicted molar refractivity (Wildman–Crippen MR) is 155 cm³/mol. The highest BCUT2D eigenvalue weighted by Gasteiger charge is 2.57. The van der Waals surface area contributed by atoms with Crippen LogP contribution in [0.4, 0.5) is 0 Å². The first-order valence-electron chi connectivity index (χ1n) is 13.3. The zero-order chi connectivity index (χ0) is 26.7. The molecule has 2 aliphatic heterocycles. The third kappa shape index (κ3) is 6.48. The second kappa shape index (κ2) is 12.0. The van der Waals surface area contributed by atoms with Gasteiger partial charge in [0.15, 0.2) is 12.1 Å². The van der Waals surface area contributed by atoms with Gasteiger partial charge < -0.3 is 23.7 Å². The molecule has 0 bridgehead atoms. The van der Waals surface area contributed by atoms with Crippen LogP contribution in [-0.2, 0) is 31.3 Å². The van der Waals surface area contributed by atoms with Crippen molar-refractivity contribution < 1.29 is 23.7 Å². The molecule has 39 heavy (non-hydrogen) atoms. The number of benzene rings is 3. The Morgan fingerprint density at radius 1 is 0.923 bits per heavy atom. The van der Waals surface area contributed by atoms with Gasteiger partial charge in [0, 0.05) is 11.0 Å². The van der Waals surface area contributed by atoms with E-state index in [4.69, 9.17) is 23.7 Å². The van der Waals surface area contributed by atoms with Crippen molar-refractivity contribution in [2.45, 2.75) is 68.3 Å². The highest BCUT2D eigenvalue weighted by Crippen LogP contribution is 2.43. The van der Waals surface area contributed by atoms with E-state index in [1.54, 1.807) is 11.3 Å². The van der Waals surface area contributed by atoms with Crippen LogP contribution in [0.5, 0.6) is 5.19 Å². The highest BCUT2D eigenvalue weighted by atomic mass is 32.2. The van der Waals surface area contributed by atoms with Crippen molar-refractivity contribution in [1.29, 1.82) is 0 Å². The van der Waals surface area contributed by atoms with Gasteiger partial charge in [-0.2, -0.15) is 11.8 Å². The van der Waals surface area contributed by atoms with Gasteiger partial charge in [0.2, 0.25) is 0 Å². The molecule has 1 aromatic heterocycles. The second-order valence-corrected chi connectivity index (χ2v) is 12.5. The average Bonchev–Trinajstić information content (AvgIpc) is 3.60. The van der Waals surface area contributed by atoms with Crippen LogP contribution in [-0.4, -0.2) is 47.2 Å². The van der Waals surface area contributed by atoms with Crippen molar-refractivity contribution >= 4 is 33.3 Å². The number of hydrogen-bond acceptors (Lipinski definition) is 8. The van der Waals surface area contributed by atoms with Crippen LogP contribution in [0.25, 0.3) is 10.2 Å². The minimum absolute atomic E-state index is 0.0984. The summed E-state index contributed by atoms with van der Waals surface area (Å²) >= 11 is 3.44. The van der Waals surface area contributed by atoms with E-state index in [9.17, 15) is 0 Å². The van der Waals surface area contributed by atoms with Gasteiger partial charge in [-0.1, -0.05) is 84.1 Å². The molecule has 2 fully saturated rings. The van der Waals surface area contributed by atoms with E-state index in [1.165, 1.54) is 5.56 Å². The van der Waals surface area contributed by atoms with Gasteiger partial charge in [-0.15, -0.1) is 0 Å². The molecule has 0 aliphatic carbocycles. The first-order chi connectivity index (χ1) is 19.0. The lowest BCUT2D eigenvalue weighted by Gasteiger charge is -2.31. The Bertz CT molecular complexity index is 1320. The molecular weight excluding hydrogens is 530 g/mol. The first kappa shape index (κ1) is 26.7. The lowest BCUT2D eigenvalue weighted by molar-refractivity contribution is -0.219. The number of fused-ring (bicyclic) bond motifs is 2. The van der Waals surface area contributed by atoms with Crippen LogP contribution >= 0.6 is 23.1 Å². The van der Waals surface area contributed by atoms with E-state index in [0.29, 0.717) is 18.4 Å². The molecule has 3 heterocycles. The topological polar surface area (TPSA) is 59.0 Å². The average molecular weight is 564 g/mol. The summed E-state index contributed by atoms with van der Waals surface area (Å²) in [4.78, 5) is 4.63. The van der Waals surface area contributed by atoms with E-state index in [0.717, 1.165) is 28.0 Å². The summed E-state index contributed by atoms with van der Waals surface area (Å²) in [5, 5.41) is 0.791. The number of hydrogen-bond donors (Lipinski definition) is 0. The molecule has 2 saturated heterocycles. The third-order valence-electron chi connectivity index (χ3n) is 6.89. The number of para-hydroxylation sites is 1. The number of nitrogens with zero attached hydrogens (tertiary/aromatic N) is 1. The van der Waals surface area contributed by atoms with Crippen LogP contribution in [0.2, 0.25) is 0 Å². The largest absolute Gasteiger partial charge is 0.470 e. The molecule has 0 saturated carbocycles. The Balaban J connectivity index is 1.19. The standard InChI is InChI=1S/C31H33NO5S2/c1-31(2)36-28-27(34-19-21-11-5-3-6-12-21)26(35-29(28)37-31)25(38-20-22-13-7-4-8-14-22)17-18-33-30-32-23-15-9-10-16-24(23)39-30/h3-16,25-29H,17-20H2,1-2H3/t25-,26-,27+,28-,29-/m1/s1. The number of thiazole rings is 1. The lowest BCUT2D eigenvalue weighted by atomic mass is 10.1. The maximum absolute atomic E-state index is 6.56. The summed E-state index contributed by atoms with van der Waals surface area (Å²) in [6, 6.07) is 28.8. The normalized spacial score (nSPS) is 24.6. The Labute approximate surface area is 237 Å². The van der Waals surface area contributed by atoms with Gasteiger partial charge in [-0.05, 0) is 43.5 Å². The molecule has 6 nitrogen and oxygen atoms in total. The predicted octanol–water partition coefficient (Wildman–Crippen LogP) is 6.83. The number of aromatic nitrogens is 1. The van der Waals surface area contributed by atoms with Crippen molar-refractivity contribution in [2.24, 2.45) is 0 Å². The van der Waals surface area contributed by atoms with Crippen LogP contribution in [0.15, 0.2) is 84.9 Å². The summed E-state index contributed by atoms with van der Waals surface area (Å²) in [5.41, 5.74) is 3.35. The van der Waals surface area contributed by atoms with Crippen LogP contribution in [0, 0.1) is 0 Å².